The first-order chi connectivity index (χ1) is 9.01. The zero-order valence-electron chi connectivity index (χ0n) is 11.9. The maximum atomic E-state index is 10.5. The molecule has 0 saturated heterocycles. The highest BCUT2D eigenvalue weighted by Crippen LogP contribution is 2.12. The quantitative estimate of drug-likeness (QED) is 0.276. The molecule has 0 aliphatic carbocycles. The number of hydrogen-bond donors (Lipinski definition) is 2. The molecular formula is C15H25NO3. The summed E-state index contributed by atoms with van der Waals surface area (Å²) in [5.74, 6) is 0.594. The number of aliphatic hydroxyl groups excluding tert-OH is 1. The molecule has 1 atom stereocenters. The van der Waals surface area contributed by atoms with E-state index in [2.05, 4.69) is 6.58 Å². The van der Waals surface area contributed by atoms with Crippen molar-refractivity contribution in [2.24, 2.45) is 11.7 Å². The minimum atomic E-state index is 0.0376. The summed E-state index contributed by atoms with van der Waals surface area (Å²) in [6, 6.07) is 0. The number of hydrogen-bond acceptors (Lipinski definition) is 4. The third-order valence-electron chi connectivity index (χ3n) is 2.66. The summed E-state index contributed by atoms with van der Waals surface area (Å²) in [5, 5.41) is 9.73. The van der Waals surface area contributed by atoms with Crippen molar-refractivity contribution in [3.8, 4) is 0 Å². The molecule has 0 aromatic carbocycles. The Balaban J connectivity index is 4.17. The van der Waals surface area contributed by atoms with Gasteiger partial charge in [0.2, 0.25) is 0 Å². The number of nitrogens with two attached hydrogens (primary N) is 1. The van der Waals surface area contributed by atoms with Gasteiger partial charge < -0.3 is 20.4 Å². The van der Waals surface area contributed by atoms with Crippen molar-refractivity contribution in [3.05, 3.63) is 35.8 Å². The van der Waals surface area contributed by atoms with Gasteiger partial charge in [0.05, 0.1) is 6.61 Å². The lowest BCUT2D eigenvalue weighted by Crippen LogP contribution is -2.04. The van der Waals surface area contributed by atoms with Gasteiger partial charge in [-0.05, 0) is 38.8 Å². The number of aliphatic hydroxyl groups is 1. The van der Waals surface area contributed by atoms with Gasteiger partial charge in [-0.3, -0.25) is 0 Å². The van der Waals surface area contributed by atoms with E-state index in [-0.39, 0.29) is 11.7 Å². The van der Waals surface area contributed by atoms with Crippen molar-refractivity contribution in [1.29, 1.82) is 0 Å². The topological polar surface area (TPSA) is 72.6 Å². The number of ether oxygens (including phenoxy) is 1. The summed E-state index contributed by atoms with van der Waals surface area (Å²) in [6.07, 6.45) is 6.49. The molecule has 0 rings (SSSR count). The van der Waals surface area contributed by atoms with Crippen molar-refractivity contribution in [2.75, 3.05) is 13.2 Å². The molecule has 0 aliphatic rings. The molecule has 19 heavy (non-hydrogen) atoms. The molecule has 0 aliphatic heterocycles. The molecular weight excluding hydrogens is 242 g/mol. The Morgan fingerprint density at radius 3 is 2.74 bits per heavy atom. The Morgan fingerprint density at radius 2 is 2.16 bits per heavy atom. The van der Waals surface area contributed by atoms with Crippen LogP contribution in [0.5, 0.6) is 0 Å². The largest absolute Gasteiger partial charge is 0.505 e. The van der Waals surface area contributed by atoms with Crippen LogP contribution in [-0.2, 0) is 9.53 Å². The molecule has 0 bridgehead atoms. The Kier molecular flexibility index (Phi) is 9.53. The number of aldehydes is 1. The van der Waals surface area contributed by atoms with Gasteiger partial charge in [0, 0.05) is 5.92 Å². The van der Waals surface area contributed by atoms with E-state index in [0.717, 1.165) is 31.1 Å². The van der Waals surface area contributed by atoms with Crippen LogP contribution < -0.4 is 5.73 Å². The smallest absolute Gasteiger partial charge is 0.152 e. The van der Waals surface area contributed by atoms with Gasteiger partial charge in [-0.1, -0.05) is 25.2 Å². The van der Waals surface area contributed by atoms with Crippen molar-refractivity contribution >= 4 is 6.29 Å². The lowest BCUT2D eigenvalue weighted by atomic mass is 10.0. The number of rotatable bonds is 10. The molecule has 3 N–H and O–H groups in total. The van der Waals surface area contributed by atoms with Crippen molar-refractivity contribution in [2.45, 2.75) is 33.1 Å². The minimum Gasteiger partial charge on any atom is -0.505 e. The van der Waals surface area contributed by atoms with Gasteiger partial charge >= 0.3 is 0 Å². The fourth-order valence-electron chi connectivity index (χ4n) is 1.26. The fourth-order valence-corrected chi connectivity index (χ4v) is 1.26. The van der Waals surface area contributed by atoms with E-state index in [1.54, 1.807) is 19.1 Å². The van der Waals surface area contributed by atoms with Crippen LogP contribution in [0, 0.1) is 5.92 Å². The fraction of sp³-hybridized carbons (Fsp3) is 0.533. The first-order valence-corrected chi connectivity index (χ1v) is 6.55. The predicted molar refractivity (Wildman–Crippen MR) is 77.7 cm³/mol. The zero-order chi connectivity index (χ0) is 14.7. The average molecular weight is 267 g/mol. The SMILES string of the molecule is C=C(/C=C\C(O)=C(/C)OCCCN)CCC(C)C=O. The molecule has 4 heteroatoms. The van der Waals surface area contributed by atoms with E-state index in [1.165, 1.54) is 0 Å². The Bertz CT molecular complexity index is 345. The highest BCUT2D eigenvalue weighted by molar-refractivity contribution is 5.52. The standard InChI is InChI=1S/C15H25NO3/c1-12(5-6-13(2)11-17)7-8-15(18)14(3)19-10-4-9-16/h7-8,11,13,18H,1,4-6,9-10,16H2,2-3H3/b8-7-,15-14-. The third kappa shape index (κ3) is 9.08. The summed E-state index contributed by atoms with van der Waals surface area (Å²) >= 11 is 0. The summed E-state index contributed by atoms with van der Waals surface area (Å²) in [4.78, 5) is 10.5. The Morgan fingerprint density at radius 1 is 1.47 bits per heavy atom. The summed E-state index contributed by atoms with van der Waals surface area (Å²) in [5.41, 5.74) is 6.22. The maximum absolute atomic E-state index is 10.5. The van der Waals surface area contributed by atoms with Gasteiger partial charge in [-0.15, -0.1) is 0 Å². The van der Waals surface area contributed by atoms with Gasteiger partial charge in [-0.2, -0.15) is 0 Å². The molecule has 0 amide bonds. The lowest BCUT2D eigenvalue weighted by molar-refractivity contribution is -0.110. The van der Waals surface area contributed by atoms with E-state index in [1.807, 2.05) is 6.92 Å². The molecule has 0 saturated carbocycles. The Labute approximate surface area is 115 Å². The monoisotopic (exact) mass is 267 g/mol. The second-order valence-corrected chi connectivity index (χ2v) is 4.58. The predicted octanol–water partition coefficient (Wildman–Crippen LogP) is 2.87. The second-order valence-electron chi connectivity index (χ2n) is 4.58. The highest BCUT2D eigenvalue weighted by atomic mass is 16.5. The highest BCUT2D eigenvalue weighted by Gasteiger charge is 2.01. The molecule has 0 aromatic rings. The average Bonchev–Trinajstić information content (AvgIpc) is 2.41. The van der Waals surface area contributed by atoms with Crippen LogP contribution in [-0.4, -0.2) is 24.5 Å². The van der Waals surface area contributed by atoms with Crippen molar-refractivity contribution in [1.82, 2.24) is 0 Å². The molecule has 1 unspecified atom stereocenters. The first kappa shape index (κ1) is 17.4. The van der Waals surface area contributed by atoms with Crippen molar-refractivity contribution < 1.29 is 14.6 Å². The molecule has 0 spiro atoms. The van der Waals surface area contributed by atoms with Gasteiger partial charge in [0.15, 0.2) is 5.76 Å². The zero-order valence-corrected chi connectivity index (χ0v) is 11.9. The van der Waals surface area contributed by atoms with Crippen molar-refractivity contribution in [3.63, 3.8) is 0 Å². The molecule has 0 fully saturated rings. The minimum absolute atomic E-state index is 0.0376. The molecule has 0 heterocycles. The molecule has 0 aromatic heterocycles. The van der Waals surface area contributed by atoms with Crippen LogP contribution in [0.2, 0.25) is 0 Å². The van der Waals surface area contributed by atoms with E-state index in [9.17, 15) is 9.90 Å². The van der Waals surface area contributed by atoms with Crippen LogP contribution in [0.1, 0.15) is 33.1 Å². The molecule has 108 valence electrons. The van der Waals surface area contributed by atoms with E-state index < -0.39 is 0 Å². The number of allylic oxidation sites excluding steroid dienone is 4. The lowest BCUT2D eigenvalue weighted by Gasteiger charge is -2.06. The summed E-state index contributed by atoms with van der Waals surface area (Å²) < 4.78 is 5.31. The summed E-state index contributed by atoms with van der Waals surface area (Å²) in [7, 11) is 0. The molecule has 0 radical (unpaired) electrons. The number of carbonyl (C=O) groups is 1. The maximum Gasteiger partial charge on any atom is 0.152 e. The third-order valence-corrected chi connectivity index (χ3v) is 2.66. The first-order valence-electron chi connectivity index (χ1n) is 6.55. The number of carbonyl (C=O) groups excluding carboxylic acids is 1. The van der Waals surface area contributed by atoms with Crippen LogP contribution in [0.15, 0.2) is 35.8 Å². The normalized spacial score (nSPS) is 14.1. The molecule has 4 nitrogen and oxygen atoms in total. The van der Waals surface area contributed by atoms with Crippen LogP contribution in [0.3, 0.4) is 0 Å². The van der Waals surface area contributed by atoms with E-state index in [0.29, 0.717) is 18.9 Å². The van der Waals surface area contributed by atoms with Gasteiger partial charge in [0.1, 0.15) is 12.0 Å². The second kappa shape index (κ2) is 10.4. The van der Waals surface area contributed by atoms with Gasteiger partial charge in [-0.25, -0.2) is 0 Å². The Hall–Kier alpha value is -1.55. The van der Waals surface area contributed by atoms with Crippen LogP contribution >= 0.6 is 0 Å². The van der Waals surface area contributed by atoms with Crippen LogP contribution in [0.4, 0.5) is 0 Å². The van der Waals surface area contributed by atoms with Crippen LogP contribution in [0.25, 0.3) is 0 Å². The van der Waals surface area contributed by atoms with E-state index >= 15 is 0 Å². The summed E-state index contributed by atoms with van der Waals surface area (Å²) in [6.45, 7) is 8.51. The van der Waals surface area contributed by atoms with E-state index in [4.69, 9.17) is 10.5 Å². The van der Waals surface area contributed by atoms with Gasteiger partial charge in [0.25, 0.3) is 0 Å².